The van der Waals surface area contributed by atoms with E-state index in [1.807, 2.05) is 32.9 Å². The van der Waals surface area contributed by atoms with Crippen LogP contribution in [0.5, 0.6) is 5.75 Å². The average molecular weight is 603 g/mol. The molecule has 2 heterocycles. The van der Waals surface area contributed by atoms with E-state index in [4.69, 9.17) is 24.3 Å². The van der Waals surface area contributed by atoms with Crippen molar-refractivity contribution >= 4 is 24.3 Å². The highest BCUT2D eigenvalue weighted by atomic mass is 35.5. The molecule has 2 aromatic heterocycles. The van der Waals surface area contributed by atoms with E-state index in [1.165, 1.54) is 12.1 Å². The zero-order valence-electron chi connectivity index (χ0n) is 23.5. The van der Waals surface area contributed by atoms with Gasteiger partial charge in [-0.05, 0) is 49.7 Å². The fraction of sp³-hybridized carbons (Fsp3) is 0.357. The van der Waals surface area contributed by atoms with Crippen LogP contribution < -0.4 is 15.8 Å². The minimum absolute atomic E-state index is 0. The third-order valence-electron chi connectivity index (χ3n) is 5.92. The van der Waals surface area contributed by atoms with Gasteiger partial charge < -0.3 is 29.6 Å². The number of halogens is 2. The van der Waals surface area contributed by atoms with Gasteiger partial charge in [0.2, 0.25) is 17.5 Å². The minimum Gasteiger partial charge on any atom is -0.481 e. The summed E-state index contributed by atoms with van der Waals surface area (Å²) in [6, 6.07) is 10.6. The normalized spacial score (nSPS) is 12.4. The number of hydrogen-bond acceptors (Lipinski definition) is 11. The van der Waals surface area contributed by atoms with E-state index in [0.717, 1.165) is 11.6 Å². The number of nitrogens with one attached hydrogen (secondary N) is 1. The molecule has 0 saturated carbocycles. The number of aromatic nitrogens is 4. The first-order valence-corrected chi connectivity index (χ1v) is 13.1. The first kappa shape index (κ1) is 32.2. The zero-order chi connectivity index (χ0) is 29.5. The van der Waals surface area contributed by atoms with Crippen LogP contribution in [0.1, 0.15) is 68.3 Å². The summed E-state index contributed by atoms with van der Waals surface area (Å²) in [6.45, 7) is 7.11. The third-order valence-corrected chi connectivity index (χ3v) is 5.92. The second-order valence-electron chi connectivity index (χ2n) is 9.56. The summed E-state index contributed by atoms with van der Waals surface area (Å²) in [5.74, 6) is 0.0789. The Morgan fingerprint density at radius 1 is 0.976 bits per heavy atom. The first-order chi connectivity index (χ1) is 19.7. The third kappa shape index (κ3) is 7.89. The number of rotatable bonds is 12. The molecule has 224 valence electrons. The number of hydrogen-bond donors (Lipinski definition) is 2. The van der Waals surface area contributed by atoms with Crippen LogP contribution in [0.25, 0.3) is 22.8 Å². The lowest BCUT2D eigenvalue weighted by molar-refractivity contribution is -0.142. The number of nitrogens with two attached hydrogens (primary N) is 1. The average Bonchev–Trinajstić information content (AvgIpc) is 3.66. The maximum atomic E-state index is 14.8. The molecule has 0 fully saturated rings. The van der Waals surface area contributed by atoms with Gasteiger partial charge in [0.25, 0.3) is 11.8 Å². The molecule has 2 atom stereocenters. The van der Waals surface area contributed by atoms with Crippen molar-refractivity contribution in [1.82, 2.24) is 25.6 Å². The Morgan fingerprint density at radius 3 is 2.19 bits per heavy atom. The van der Waals surface area contributed by atoms with Crippen molar-refractivity contribution in [1.29, 1.82) is 0 Å². The SMILES string of the molecule is CCC(Oc1ccc(-c2noc(C(C)C)n2)cc1)c1nc(-c2ccc(C(=O)N[C@@H](C)COC(=O)CN)c(F)c2)no1.Cl. The number of carbonyl (C=O) groups is 2. The molecule has 2 aromatic carbocycles. The lowest BCUT2D eigenvalue weighted by Crippen LogP contribution is -2.37. The highest BCUT2D eigenvalue weighted by molar-refractivity contribution is 5.95. The van der Waals surface area contributed by atoms with Crippen LogP contribution in [0.15, 0.2) is 51.5 Å². The molecule has 0 aliphatic heterocycles. The van der Waals surface area contributed by atoms with Crippen molar-refractivity contribution in [3.05, 3.63) is 65.6 Å². The van der Waals surface area contributed by atoms with Crippen LogP contribution in [0.4, 0.5) is 4.39 Å². The van der Waals surface area contributed by atoms with E-state index in [2.05, 4.69) is 25.6 Å². The summed E-state index contributed by atoms with van der Waals surface area (Å²) in [5, 5.41) is 10.5. The van der Waals surface area contributed by atoms with Gasteiger partial charge >= 0.3 is 5.97 Å². The van der Waals surface area contributed by atoms with Crippen molar-refractivity contribution in [2.45, 2.75) is 52.2 Å². The number of amides is 1. The Kier molecular flexibility index (Phi) is 11.1. The molecule has 3 N–H and O–H groups in total. The quantitative estimate of drug-likeness (QED) is 0.217. The van der Waals surface area contributed by atoms with Gasteiger partial charge in [-0.15, -0.1) is 12.4 Å². The molecule has 42 heavy (non-hydrogen) atoms. The monoisotopic (exact) mass is 602 g/mol. The number of nitrogens with zero attached hydrogens (tertiary/aromatic N) is 4. The number of ether oxygens (including phenoxy) is 2. The van der Waals surface area contributed by atoms with Gasteiger partial charge in [0.05, 0.1) is 18.2 Å². The predicted molar refractivity (Wildman–Crippen MR) is 151 cm³/mol. The molecule has 0 aliphatic rings. The van der Waals surface area contributed by atoms with Crippen LogP contribution in [0.2, 0.25) is 0 Å². The standard InChI is InChI=1S/C28H31FN6O6.ClH/c1-5-22(39-19-9-6-17(7-10-19)24-32-27(15(2)3)40-34-24)28-33-25(35-41-28)18-8-11-20(21(29)12-18)26(37)31-16(4)14-38-23(36)13-30;/h6-12,15-16,22H,5,13-14,30H2,1-4H3,(H,31,37);1H/t16-,22?;/m0./s1. The van der Waals surface area contributed by atoms with E-state index in [9.17, 15) is 14.0 Å². The van der Waals surface area contributed by atoms with Crippen molar-refractivity contribution < 1.29 is 32.5 Å². The van der Waals surface area contributed by atoms with Crippen LogP contribution in [-0.4, -0.2) is 51.4 Å². The lowest BCUT2D eigenvalue weighted by Gasteiger charge is -2.14. The Morgan fingerprint density at radius 2 is 1.60 bits per heavy atom. The minimum atomic E-state index is -0.775. The second-order valence-corrected chi connectivity index (χ2v) is 9.56. The first-order valence-electron chi connectivity index (χ1n) is 13.1. The van der Waals surface area contributed by atoms with Crippen molar-refractivity contribution in [3.8, 4) is 28.5 Å². The number of benzene rings is 2. The highest BCUT2D eigenvalue weighted by Crippen LogP contribution is 2.28. The predicted octanol–water partition coefficient (Wildman–Crippen LogP) is 4.62. The Bertz CT molecular complexity index is 1490. The number of carbonyl (C=O) groups excluding carboxylic acids is 2. The molecule has 1 amide bonds. The van der Waals surface area contributed by atoms with Crippen LogP contribution in [0, 0.1) is 5.82 Å². The topological polar surface area (TPSA) is 168 Å². The van der Waals surface area contributed by atoms with Gasteiger partial charge in [0.15, 0.2) is 6.10 Å². The van der Waals surface area contributed by atoms with Gasteiger partial charge in [-0.25, -0.2) is 4.39 Å². The molecule has 1 unspecified atom stereocenters. The molecule has 4 rings (SSSR count). The van der Waals surface area contributed by atoms with Crippen molar-refractivity contribution in [2.24, 2.45) is 5.73 Å². The Hall–Kier alpha value is -4.36. The van der Waals surface area contributed by atoms with E-state index in [1.54, 1.807) is 19.1 Å². The van der Waals surface area contributed by atoms with Crippen molar-refractivity contribution in [3.63, 3.8) is 0 Å². The van der Waals surface area contributed by atoms with E-state index >= 15 is 0 Å². The van der Waals surface area contributed by atoms with Gasteiger partial charge in [0.1, 0.15) is 18.2 Å². The molecule has 0 saturated heterocycles. The van der Waals surface area contributed by atoms with Crippen LogP contribution in [0.3, 0.4) is 0 Å². The fourth-order valence-corrected chi connectivity index (χ4v) is 3.68. The molecule has 0 radical (unpaired) electrons. The number of esters is 1. The maximum absolute atomic E-state index is 14.8. The summed E-state index contributed by atoms with van der Waals surface area (Å²) < 4.78 is 36.5. The molecule has 0 aliphatic carbocycles. The summed E-state index contributed by atoms with van der Waals surface area (Å²) in [5.41, 5.74) is 6.10. The highest BCUT2D eigenvalue weighted by Gasteiger charge is 2.22. The molecule has 12 nitrogen and oxygen atoms in total. The van der Waals surface area contributed by atoms with Gasteiger partial charge in [-0.3, -0.25) is 9.59 Å². The van der Waals surface area contributed by atoms with Crippen LogP contribution in [-0.2, 0) is 9.53 Å². The maximum Gasteiger partial charge on any atom is 0.319 e. The molecule has 0 bridgehead atoms. The van der Waals surface area contributed by atoms with E-state index in [-0.39, 0.29) is 48.8 Å². The fourth-order valence-electron chi connectivity index (χ4n) is 3.68. The smallest absolute Gasteiger partial charge is 0.319 e. The summed E-state index contributed by atoms with van der Waals surface area (Å²) in [4.78, 5) is 32.4. The van der Waals surface area contributed by atoms with E-state index < -0.39 is 29.8 Å². The molecular formula is C28H32ClFN6O6. The summed E-state index contributed by atoms with van der Waals surface area (Å²) >= 11 is 0. The lowest BCUT2D eigenvalue weighted by atomic mass is 10.1. The Labute approximate surface area is 247 Å². The zero-order valence-corrected chi connectivity index (χ0v) is 24.3. The molecular weight excluding hydrogens is 571 g/mol. The van der Waals surface area contributed by atoms with E-state index in [0.29, 0.717) is 29.4 Å². The Balaban J connectivity index is 0.00000484. The van der Waals surface area contributed by atoms with Crippen molar-refractivity contribution in [2.75, 3.05) is 13.2 Å². The van der Waals surface area contributed by atoms with Crippen LogP contribution >= 0.6 is 12.4 Å². The molecule has 0 spiro atoms. The molecule has 14 heteroatoms. The largest absolute Gasteiger partial charge is 0.481 e. The summed E-state index contributed by atoms with van der Waals surface area (Å²) in [6.07, 6.45) is -0.0253. The van der Waals surface area contributed by atoms with Gasteiger partial charge in [-0.2, -0.15) is 9.97 Å². The van der Waals surface area contributed by atoms with Gasteiger partial charge in [-0.1, -0.05) is 37.2 Å². The second kappa shape index (κ2) is 14.5. The van der Waals surface area contributed by atoms with Gasteiger partial charge in [0, 0.05) is 17.0 Å². The summed E-state index contributed by atoms with van der Waals surface area (Å²) in [7, 11) is 0. The molecule has 4 aromatic rings.